The molecule has 0 saturated heterocycles. The van der Waals surface area contributed by atoms with E-state index in [0.29, 0.717) is 5.69 Å². The third-order valence-electron chi connectivity index (χ3n) is 5.51. The number of nitrogens with one attached hydrogen (secondary N) is 2. The number of benzene rings is 2. The molecule has 4 rings (SSSR count). The smallest absolute Gasteiger partial charge is 0.407 e. The Morgan fingerprint density at radius 1 is 0.971 bits per heavy atom. The third-order valence-corrected chi connectivity index (χ3v) is 5.51. The van der Waals surface area contributed by atoms with E-state index in [-0.39, 0.29) is 31.2 Å². The van der Waals surface area contributed by atoms with Gasteiger partial charge in [0.15, 0.2) is 0 Å². The second-order valence-electron chi connectivity index (χ2n) is 7.85. The molecule has 0 spiro atoms. The van der Waals surface area contributed by atoms with E-state index in [1.165, 1.54) is 18.3 Å². The molecule has 0 saturated carbocycles. The molecule has 1 aliphatic carbocycles. The van der Waals surface area contributed by atoms with Gasteiger partial charge in [0.2, 0.25) is 5.91 Å². The Kier molecular flexibility index (Phi) is 6.84. The van der Waals surface area contributed by atoms with Crippen molar-refractivity contribution in [1.29, 1.82) is 0 Å². The molecule has 2 amide bonds. The molecule has 34 heavy (non-hydrogen) atoms. The van der Waals surface area contributed by atoms with Crippen LogP contribution in [0.5, 0.6) is 0 Å². The fraction of sp³-hybridized carbons (Fsp3) is 0.200. The molecule has 1 atom stereocenters. The van der Waals surface area contributed by atoms with Gasteiger partial charge in [0, 0.05) is 12.5 Å². The average Bonchev–Trinajstić information content (AvgIpc) is 3.15. The SMILES string of the molecule is O=C(CC(O)CNC(=O)OCC1c2ccccc2-c2ccccc21)Nc1ccc(C(=O)O)nc1. The Labute approximate surface area is 195 Å². The topological polar surface area (TPSA) is 138 Å². The number of ether oxygens (including phenoxy) is 1. The van der Waals surface area contributed by atoms with Gasteiger partial charge in [0.05, 0.1) is 24.4 Å². The van der Waals surface area contributed by atoms with E-state index in [1.54, 1.807) is 0 Å². The highest BCUT2D eigenvalue weighted by Crippen LogP contribution is 2.44. The number of alkyl carbamates (subject to hydrolysis) is 1. The lowest BCUT2D eigenvalue weighted by Crippen LogP contribution is -2.35. The molecular formula is C25H23N3O6. The largest absolute Gasteiger partial charge is 0.477 e. The quantitative estimate of drug-likeness (QED) is 0.405. The summed E-state index contributed by atoms with van der Waals surface area (Å²) in [6, 6.07) is 18.7. The second-order valence-corrected chi connectivity index (χ2v) is 7.85. The second kappa shape index (κ2) is 10.1. The maximum Gasteiger partial charge on any atom is 0.407 e. The van der Waals surface area contributed by atoms with E-state index in [0.717, 1.165) is 22.3 Å². The molecule has 0 fully saturated rings. The molecule has 1 unspecified atom stereocenters. The lowest BCUT2D eigenvalue weighted by Gasteiger charge is -2.16. The summed E-state index contributed by atoms with van der Waals surface area (Å²) in [5.74, 6) is -1.76. The predicted octanol–water partition coefficient (Wildman–Crippen LogP) is 3.01. The van der Waals surface area contributed by atoms with Crippen molar-refractivity contribution < 1.29 is 29.3 Å². The number of amides is 2. The summed E-state index contributed by atoms with van der Waals surface area (Å²) in [6.07, 6.45) is -0.881. The number of nitrogens with zero attached hydrogens (tertiary/aromatic N) is 1. The summed E-state index contributed by atoms with van der Waals surface area (Å²) in [7, 11) is 0. The molecule has 174 valence electrons. The van der Waals surface area contributed by atoms with Gasteiger partial charge in [0.25, 0.3) is 0 Å². The van der Waals surface area contributed by atoms with Crippen molar-refractivity contribution in [3.05, 3.63) is 83.7 Å². The van der Waals surface area contributed by atoms with Crippen molar-refractivity contribution in [2.24, 2.45) is 0 Å². The number of carboxylic acids is 1. The van der Waals surface area contributed by atoms with E-state index >= 15 is 0 Å². The van der Waals surface area contributed by atoms with Gasteiger partial charge in [-0.25, -0.2) is 14.6 Å². The van der Waals surface area contributed by atoms with Crippen LogP contribution < -0.4 is 10.6 Å². The number of pyridine rings is 1. The number of hydrogen-bond donors (Lipinski definition) is 4. The normalized spacial score (nSPS) is 12.9. The zero-order valence-corrected chi connectivity index (χ0v) is 18.1. The molecule has 9 nitrogen and oxygen atoms in total. The van der Waals surface area contributed by atoms with Crippen LogP contribution >= 0.6 is 0 Å². The van der Waals surface area contributed by atoms with E-state index in [4.69, 9.17) is 9.84 Å². The summed E-state index contributed by atoms with van der Waals surface area (Å²) in [5.41, 5.74) is 4.60. The van der Waals surface area contributed by atoms with Crippen LogP contribution in [0.1, 0.15) is 34.0 Å². The molecule has 0 aliphatic heterocycles. The van der Waals surface area contributed by atoms with Crippen LogP contribution in [0.2, 0.25) is 0 Å². The van der Waals surface area contributed by atoms with E-state index in [2.05, 4.69) is 15.6 Å². The predicted molar refractivity (Wildman–Crippen MR) is 124 cm³/mol. The number of aromatic carboxylic acids is 1. The summed E-state index contributed by atoms with van der Waals surface area (Å²) in [4.78, 5) is 38.8. The lowest BCUT2D eigenvalue weighted by molar-refractivity contribution is -0.118. The maximum absolute atomic E-state index is 12.2. The highest BCUT2D eigenvalue weighted by atomic mass is 16.5. The van der Waals surface area contributed by atoms with Crippen LogP contribution in [0.15, 0.2) is 66.9 Å². The van der Waals surface area contributed by atoms with Gasteiger partial charge in [-0.15, -0.1) is 0 Å². The van der Waals surface area contributed by atoms with E-state index in [1.807, 2.05) is 48.5 Å². The van der Waals surface area contributed by atoms with Crippen molar-refractivity contribution in [2.45, 2.75) is 18.4 Å². The minimum absolute atomic E-state index is 0.0741. The molecular weight excluding hydrogens is 438 g/mol. The Morgan fingerprint density at radius 2 is 1.62 bits per heavy atom. The van der Waals surface area contributed by atoms with Crippen molar-refractivity contribution in [3.63, 3.8) is 0 Å². The Bertz CT molecular complexity index is 1170. The zero-order chi connectivity index (χ0) is 24.1. The first-order valence-electron chi connectivity index (χ1n) is 10.7. The van der Waals surface area contributed by atoms with Crippen molar-refractivity contribution in [3.8, 4) is 11.1 Å². The number of carbonyl (C=O) groups excluding carboxylic acids is 2. The van der Waals surface area contributed by atoms with Crippen molar-refractivity contribution >= 4 is 23.7 Å². The van der Waals surface area contributed by atoms with Gasteiger partial charge < -0.3 is 25.6 Å². The van der Waals surface area contributed by atoms with E-state index < -0.39 is 24.1 Å². The number of aromatic nitrogens is 1. The van der Waals surface area contributed by atoms with Crippen LogP contribution in [0, 0.1) is 0 Å². The van der Waals surface area contributed by atoms with Gasteiger partial charge in [0.1, 0.15) is 12.3 Å². The van der Waals surface area contributed by atoms with Gasteiger partial charge in [-0.1, -0.05) is 48.5 Å². The first-order valence-corrected chi connectivity index (χ1v) is 10.7. The number of aliphatic hydroxyl groups is 1. The molecule has 0 radical (unpaired) electrons. The van der Waals surface area contributed by atoms with Gasteiger partial charge in [-0.05, 0) is 34.4 Å². The van der Waals surface area contributed by atoms with Gasteiger partial charge in [-0.2, -0.15) is 0 Å². The molecule has 0 bridgehead atoms. The number of carbonyl (C=O) groups is 3. The lowest BCUT2D eigenvalue weighted by atomic mass is 9.98. The van der Waals surface area contributed by atoms with Crippen LogP contribution in [0.4, 0.5) is 10.5 Å². The summed E-state index contributed by atoms with van der Waals surface area (Å²) >= 11 is 0. The molecule has 1 aromatic heterocycles. The molecule has 9 heteroatoms. The molecule has 1 heterocycles. The molecule has 3 aromatic rings. The summed E-state index contributed by atoms with van der Waals surface area (Å²) in [5, 5.41) is 23.9. The fourth-order valence-corrected chi connectivity index (χ4v) is 3.94. The first kappa shape index (κ1) is 22.9. The fourth-order valence-electron chi connectivity index (χ4n) is 3.94. The van der Waals surface area contributed by atoms with Crippen molar-refractivity contribution in [1.82, 2.24) is 10.3 Å². The number of hydrogen-bond acceptors (Lipinski definition) is 6. The van der Waals surface area contributed by atoms with Crippen LogP contribution in [-0.2, 0) is 9.53 Å². The van der Waals surface area contributed by atoms with Crippen LogP contribution in [0.3, 0.4) is 0 Å². The van der Waals surface area contributed by atoms with Gasteiger partial charge >= 0.3 is 12.1 Å². The summed E-state index contributed by atoms with van der Waals surface area (Å²) in [6.45, 7) is -0.0178. The highest BCUT2D eigenvalue weighted by molar-refractivity contribution is 5.91. The Morgan fingerprint density at radius 3 is 2.21 bits per heavy atom. The van der Waals surface area contributed by atoms with Gasteiger partial charge in [-0.3, -0.25) is 4.79 Å². The van der Waals surface area contributed by atoms with Crippen LogP contribution in [-0.4, -0.2) is 52.4 Å². The van der Waals surface area contributed by atoms with Crippen molar-refractivity contribution in [2.75, 3.05) is 18.5 Å². The first-order chi connectivity index (χ1) is 16.4. The van der Waals surface area contributed by atoms with E-state index in [9.17, 15) is 19.5 Å². The monoisotopic (exact) mass is 461 g/mol. The Balaban J connectivity index is 1.23. The average molecular weight is 461 g/mol. The number of carboxylic acid groups (broad SMARTS) is 1. The standard InChI is InChI=1S/C25H23N3O6/c29-16(11-23(30)28-15-9-10-22(24(31)32)26-12-15)13-27-25(33)34-14-21-19-7-3-1-5-17(19)18-6-2-4-8-20(18)21/h1-10,12,16,21,29H,11,13-14H2,(H,27,33)(H,28,30)(H,31,32). The Hall–Kier alpha value is -4.24. The minimum atomic E-state index is -1.17. The number of rotatable bonds is 8. The van der Waals surface area contributed by atoms with Crippen LogP contribution in [0.25, 0.3) is 11.1 Å². The molecule has 4 N–H and O–H groups in total. The zero-order valence-electron chi connectivity index (χ0n) is 18.1. The maximum atomic E-state index is 12.2. The third kappa shape index (κ3) is 5.21. The number of aliphatic hydroxyl groups excluding tert-OH is 1. The molecule has 1 aliphatic rings. The number of fused-ring (bicyclic) bond motifs is 3. The highest BCUT2D eigenvalue weighted by Gasteiger charge is 2.29. The number of anilines is 1. The summed E-state index contributed by atoms with van der Waals surface area (Å²) < 4.78 is 5.40. The molecule has 2 aromatic carbocycles. The minimum Gasteiger partial charge on any atom is -0.477 e.